The molecule has 42 heavy (non-hydrogen) atoms. The van der Waals surface area contributed by atoms with Gasteiger partial charge in [0.2, 0.25) is 11.8 Å². The molecule has 0 spiro atoms. The smallest absolute Gasteiger partial charge is 0.261 e. The Balaban J connectivity index is 1.19. The molecule has 10 heteroatoms. The second-order valence-electron chi connectivity index (χ2n) is 9.58. The van der Waals surface area contributed by atoms with Crippen molar-refractivity contribution in [2.24, 2.45) is 0 Å². The molecule has 0 aliphatic carbocycles. The van der Waals surface area contributed by atoms with Crippen molar-refractivity contribution >= 4 is 33.2 Å². The zero-order chi connectivity index (χ0) is 30.0. The maximum Gasteiger partial charge on any atom is 0.261 e. The summed E-state index contributed by atoms with van der Waals surface area (Å²) in [5.74, 6) is 0.661. The van der Waals surface area contributed by atoms with Crippen LogP contribution in [0.1, 0.15) is 23.1 Å². The maximum atomic E-state index is 12.9. The molecule has 4 aromatic rings. The summed E-state index contributed by atoms with van der Waals surface area (Å²) in [4.78, 5) is 24.6. The number of hydrogen-bond acceptors (Lipinski definition) is 6. The molecule has 9 nitrogen and oxygen atoms in total. The molecular formula is C32H33N3O6S. The molecule has 4 rings (SSSR count). The van der Waals surface area contributed by atoms with Gasteiger partial charge in [-0.2, -0.15) is 0 Å². The van der Waals surface area contributed by atoms with E-state index in [1.807, 2.05) is 74.5 Å². The molecule has 0 aliphatic rings. The average molecular weight is 588 g/mol. The highest BCUT2D eigenvalue weighted by Crippen LogP contribution is 2.24. The summed E-state index contributed by atoms with van der Waals surface area (Å²) in [6.07, 6.45) is 0.00231. The van der Waals surface area contributed by atoms with E-state index in [9.17, 15) is 18.0 Å². The van der Waals surface area contributed by atoms with E-state index in [1.54, 1.807) is 24.3 Å². The molecule has 2 amide bonds. The Morgan fingerprint density at radius 1 is 0.786 bits per heavy atom. The number of para-hydroxylation sites is 1. The molecule has 0 saturated carbocycles. The minimum Gasteiger partial charge on any atom is -0.457 e. The summed E-state index contributed by atoms with van der Waals surface area (Å²) in [5, 5.41) is 5.32. The van der Waals surface area contributed by atoms with Crippen molar-refractivity contribution in [3.05, 3.63) is 114 Å². The van der Waals surface area contributed by atoms with Crippen LogP contribution in [0.2, 0.25) is 0 Å². The lowest BCUT2D eigenvalue weighted by atomic mass is 10.1. The van der Waals surface area contributed by atoms with Crippen molar-refractivity contribution in [2.45, 2.75) is 31.8 Å². The third-order valence-corrected chi connectivity index (χ3v) is 7.69. The first-order valence-electron chi connectivity index (χ1n) is 13.3. The van der Waals surface area contributed by atoms with E-state index in [4.69, 9.17) is 9.47 Å². The number of hydrogen-bond donors (Lipinski definition) is 3. The molecule has 0 bridgehead atoms. The van der Waals surface area contributed by atoms with Crippen LogP contribution in [0.3, 0.4) is 0 Å². The van der Waals surface area contributed by atoms with Gasteiger partial charge in [-0.1, -0.05) is 48.5 Å². The second kappa shape index (κ2) is 14.3. The Morgan fingerprint density at radius 3 is 2.33 bits per heavy atom. The van der Waals surface area contributed by atoms with Crippen LogP contribution in [0.15, 0.2) is 102 Å². The maximum absolute atomic E-state index is 12.9. The molecule has 0 fully saturated rings. The highest BCUT2D eigenvalue weighted by Gasteiger charge is 2.17. The van der Waals surface area contributed by atoms with Gasteiger partial charge in [-0.3, -0.25) is 14.3 Å². The minimum atomic E-state index is -3.86. The summed E-state index contributed by atoms with van der Waals surface area (Å²) >= 11 is 0. The third kappa shape index (κ3) is 8.92. The van der Waals surface area contributed by atoms with Crippen LogP contribution in [-0.4, -0.2) is 33.4 Å². The van der Waals surface area contributed by atoms with Gasteiger partial charge < -0.3 is 20.1 Å². The molecule has 218 valence electrons. The zero-order valence-corrected chi connectivity index (χ0v) is 24.2. The number of carbonyl (C=O) groups is 2. The van der Waals surface area contributed by atoms with Gasteiger partial charge in [-0.25, -0.2) is 8.42 Å². The predicted octanol–water partition coefficient (Wildman–Crippen LogP) is 5.56. The fraction of sp³-hybridized carbons (Fsp3) is 0.188. The monoisotopic (exact) mass is 587 g/mol. The summed E-state index contributed by atoms with van der Waals surface area (Å²) < 4.78 is 39.8. The zero-order valence-electron chi connectivity index (χ0n) is 23.4. The van der Waals surface area contributed by atoms with Crippen molar-refractivity contribution in [3.8, 4) is 11.5 Å². The normalized spacial score (nSPS) is 11.0. The molecule has 0 unspecified atom stereocenters. The van der Waals surface area contributed by atoms with E-state index < -0.39 is 10.0 Å². The van der Waals surface area contributed by atoms with Gasteiger partial charge in [0, 0.05) is 18.7 Å². The van der Waals surface area contributed by atoms with Crippen LogP contribution in [0.4, 0.5) is 11.4 Å². The molecule has 0 atom stereocenters. The number of amides is 2. The van der Waals surface area contributed by atoms with Gasteiger partial charge in [0.1, 0.15) is 18.1 Å². The highest BCUT2D eigenvalue weighted by molar-refractivity contribution is 7.92. The van der Waals surface area contributed by atoms with Gasteiger partial charge in [0.15, 0.2) is 0 Å². The number of aryl methyl sites for hydroxylation is 1. The van der Waals surface area contributed by atoms with Crippen LogP contribution in [0.5, 0.6) is 11.5 Å². The third-order valence-electron chi connectivity index (χ3n) is 6.33. The van der Waals surface area contributed by atoms with Crippen molar-refractivity contribution in [1.82, 2.24) is 5.32 Å². The van der Waals surface area contributed by atoms with Crippen LogP contribution in [-0.2, 0) is 31.0 Å². The van der Waals surface area contributed by atoms with E-state index in [2.05, 4.69) is 15.4 Å². The first-order chi connectivity index (χ1) is 20.2. The average Bonchev–Trinajstić information content (AvgIpc) is 2.96. The predicted molar refractivity (Wildman–Crippen MR) is 162 cm³/mol. The Bertz CT molecular complexity index is 1640. The second-order valence-corrected chi connectivity index (χ2v) is 11.3. The molecule has 0 radical (unpaired) electrons. The fourth-order valence-electron chi connectivity index (χ4n) is 3.98. The lowest BCUT2D eigenvalue weighted by molar-refractivity contribution is -0.126. The molecule has 3 N–H and O–H groups in total. The van der Waals surface area contributed by atoms with Crippen LogP contribution in [0, 0.1) is 13.8 Å². The Kier molecular flexibility index (Phi) is 10.3. The Hall–Kier alpha value is -4.67. The lowest BCUT2D eigenvalue weighted by Crippen LogP contribution is -2.30. The molecular weight excluding hydrogens is 554 g/mol. The first kappa shape index (κ1) is 30.3. The van der Waals surface area contributed by atoms with Crippen molar-refractivity contribution in [1.29, 1.82) is 0 Å². The Morgan fingerprint density at radius 2 is 1.52 bits per heavy atom. The summed E-state index contributed by atoms with van der Waals surface area (Å²) in [6.45, 7) is 3.90. The van der Waals surface area contributed by atoms with E-state index in [-0.39, 0.29) is 42.9 Å². The van der Waals surface area contributed by atoms with Gasteiger partial charge in [0.25, 0.3) is 10.0 Å². The summed E-state index contributed by atoms with van der Waals surface area (Å²) in [6, 6.07) is 28.2. The molecule has 0 heterocycles. The van der Waals surface area contributed by atoms with Crippen molar-refractivity contribution in [2.75, 3.05) is 23.2 Å². The topological polar surface area (TPSA) is 123 Å². The van der Waals surface area contributed by atoms with Crippen molar-refractivity contribution < 1.29 is 27.5 Å². The number of anilines is 2. The number of carbonyl (C=O) groups excluding carboxylic acids is 2. The van der Waals surface area contributed by atoms with Gasteiger partial charge in [-0.15, -0.1) is 0 Å². The largest absolute Gasteiger partial charge is 0.457 e. The van der Waals surface area contributed by atoms with E-state index >= 15 is 0 Å². The standard InChI is InChI=1S/C32H33N3O6S/c1-23-9-6-16-30(24(23)2)35-42(38,39)29-15-8-11-26(20-29)34-31(36)17-18-33-32(37)22-40-21-25-10-7-14-28(19-25)41-27-12-4-3-5-13-27/h3-16,19-20,35H,17-18,21-22H2,1-2H3,(H,33,37)(H,34,36). The Labute approximate surface area is 245 Å². The molecule has 0 aromatic heterocycles. The fourth-order valence-corrected chi connectivity index (χ4v) is 5.15. The number of ether oxygens (including phenoxy) is 2. The number of nitrogens with one attached hydrogen (secondary N) is 3. The van der Waals surface area contributed by atoms with E-state index in [0.717, 1.165) is 22.4 Å². The number of rotatable bonds is 13. The van der Waals surface area contributed by atoms with Gasteiger partial charge in [-0.05, 0) is 79.1 Å². The number of benzene rings is 4. The van der Waals surface area contributed by atoms with Gasteiger partial charge in [0.05, 0.1) is 17.2 Å². The number of sulfonamides is 1. The van der Waals surface area contributed by atoms with Crippen molar-refractivity contribution in [3.63, 3.8) is 0 Å². The minimum absolute atomic E-state index is 0.00231. The first-order valence-corrected chi connectivity index (χ1v) is 14.8. The SMILES string of the molecule is Cc1cccc(NS(=O)(=O)c2cccc(NC(=O)CCNC(=O)COCc3cccc(Oc4ccccc4)c3)c2)c1C. The van der Waals surface area contributed by atoms with Crippen LogP contribution < -0.4 is 20.1 Å². The molecule has 0 aliphatic heterocycles. The highest BCUT2D eigenvalue weighted by atomic mass is 32.2. The summed E-state index contributed by atoms with van der Waals surface area (Å²) in [7, 11) is -3.86. The van der Waals surface area contributed by atoms with Gasteiger partial charge >= 0.3 is 0 Å². The van der Waals surface area contributed by atoms with E-state index in [0.29, 0.717) is 17.1 Å². The molecule has 0 saturated heterocycles. The lowest BCUT2D eigenvalue weighted by Gasteiger charge is -2.13. The van der Waals surface area contributed by atoms with E-state index in [1.165, 1.54) is 12.1 Å². The van der Waals surface area contributed by atoms with Crippen LogP contribution >= 0.6 is 0 Å². The quantitative estimate of drug-likeness (QED) is 0.188. The van der Waals surface area contributed by atoms with Crippen LogP contribution in [0.25, 0.3) is 0 Å². The molecule has 4 aromatic carbocycles. The summed E-state index contributed by atoms with van der Waals surface area (Å²) in [5.41, 5.74) is 3.48.